The number of amides is 1. The van der Waals surface area contributed by atoms with Crippen molar-refractivity contribution in [1.82, 2.24) is 5.32 Å². The fraction of sp³-hybridized carbons (Fsp3) is 0.364. The van der Waals surface area contributed by atoms with Crippen molar-refractivity contribution in [2.45, 2.75) is 44.6 Å². The van der Waals surface area contributed by atoms with Crippen LogP contribution in [0.4, 0.5) is 18.9 Å². The van der Waals surface area contributed by atoms with Crippen LogP contribution in [0.25, 0.3) is 0 Å². The van der Waals surface area contributed by atoms with Gasteiger partial charge in [0.2, 0.25) is 6.23 Å². The molecule has 0 radical (unpaired) electrons. The highest BCUT2D eigenvalue weighted by atomic mass is 19.4. The summed E-state index contributed by atoms with van der Waals surface area (Å²) in [7, 11) is 0. The summed E-state index contributed by atoms with van der Waals surface area (Å²) in [6.45, 7) is 2.16. The van der Waals surface area contributed by atoms with E-state index in [0.717, 1.165) is 17.5 Å². The minimum absolute atomic E-state index is 0.333. The van der Waals surface area contributed by atoms with Crippen LogP contribution in [0.3, 0.4) is 0 Å². The Balaban J connectivity index is 1.89. The summed E-state index contributed by atoms with van der Waals surface area (Å²) >= 11 is 0. The van der Waals surface area contributed by atoms with Crippen LogP contribution < -0.4 is 10.2 Å². The van der Waals surface area contributed by atoms with Crippen molar-refractivity contribution in [1.29, 1.82) is 0 Å². The fourth-order valence-corrected chi connectivity index (χ4v) is 3.55. The Labute approximate surface area is 172 Å². The molecule has 0 bridgehead atoms. The van der Waals surface area contributed by atoms with E-state index in [1.807, 2.05) is 25.1 Å². The number of carbonyl (C=O) groups excluding carboxylic acids is 2. The lowest BCUT2D eigenvalue weighted by atomic mass is 10.0. The van der Waals surface area contributed by atoms with Crippen LogP contribution in [0.5, 0.6) is 0 Å². The van der Waals surface area contributed by atoms with Crippen molar-refractivity contribution in [2.24, 2.45) is 0 Å². The predicted molar refractivity (Wildman–Crippen MR) is 106 cm³/mol. The summed E-state index contributed by atoms with van der Waals surface area (Å²) in [6.07, 6.45) is -5.06. The van der Waals surface area contributed by atoms with E-state index in [4.69, 9.17) is 0 Å². The number of benzene rings is 2. The highest BCUT2D eigenvalue weighted by Crippen LogP contribution is 2.28. The van der Waals surface area contributed by atoms with Crippen molar-refractivity contribution in [2.75, 3.05) is 11.4 Å². The van der Waals surface area contributed by atoms with Gasteiger partial charge in [-0.25, -0.2) is 4.79 Å². The van der Waals surface area contributed by atoms with Crippen LogP contribution in [0, 0.1) is 0 Å². The van der Waals surface area contributed by atoms with Crippen LogP contribution in [-0.4, -0.2) is 30.8 Å². The van der Waals surface area contributed by atoms with Gasteiger partial charge in [-0.15, -0.1) is 0 Å². The maximum atomic E-state index is 13.2. The van der Waals surface area contributed by atoms with Gasteiger partial charge >= 0.3 is 12.1 Å². The topological polar surface area (TPSA) is 58.6 Å². The first-order chi connectivity index (χ1) is 14.3. The molecule has 0 saturated heterocycles. The molecule has 2 aromatic rings. The summed E-state index contributed by atoms with van der Waals surface area (Å²) < 4.78 is 43.2. The number of aryl methyl sites for hydroxylation is 1. The molecule has 1 aliphatic rings. The number of nitrogens with one attached hydrogen (secondary N) is 1. The van der Waals surface area contributed by atoms with Gasteiger partial charge < -0.3 is 9.64 Å². The number of anilines is 1. The van der Waals surface area contributed by atoms with Crippen LogP contribution in [-0.2, 0) is 20.7 Å². The van der Waals surface area contributed by atoms with E-state index in [-0.39, 0.29) is 0 Å². The molecule has 0 fully saturated rings. The molecule has 1 heterocycles. The molecule has 0 saturated carbocycles. The molecule has 0 aliphatic carbocycles. The second kappa shape index (κ2) is 9.30. The van der Waals surface area contributed by atoms with Crippen LogP contribution in [0.1, 0.15) is 36.9 Å². The van der Waals surface area contributed by atoms with Crippen molar-refractivity contribution < 1.29 is 27.5 Å². The van der Waals surface area contributed by atoms with Gasteiger partial charge in [0.15, 0.2) is 0 Å². The van der Waals surface area contributed by atoms with E-state index < -0.39 is 30.3 Å². The summed E-state index contributed by atoms with van der Waals surface area (Å²) in [4.78, 5) is 26.2. The molecular formula is C22H23F3N2O3. The number of hydrogen-bond donors (Lipinski definition) is 1. The number of esters is 1. The monoisotopic (exact) mass is 420 g/mol. The minimum Gasteiger partial charge on any atom is -0.430 e. The van der Waals surface area contributed by atoms with E-state index in [0.29, 0.717) is 25.1 Å². The Morgan fingerprint density at radius 1 is 1.10 bits per heavy atom. The number of ether oxygens (including phenoxy) is 1. The lowest BCUT2D eigenvalue weighted by molar-refractivity contribution is -0.206. The first kappa shape index (κ1) is 21.8. The molecule has 3 rings (SSSR count). The highest BCUT2D eigenvalue weighted by Gasteiger charge is 2.44. The number of hydrogen-bond acceptors (Lipinski definition) is 4. The van der Waals surface area contributed by atoms with Gasteiger partial charge in [-0.2, -0.15) is 13.2 Å². The zero-order valence-corrected chi connectivity index (χ0v) is 16.5. The zero-order valence-electron chi connectivity index (χ0n) is 16.5. The van der Waals surface area contributed by atoms with Gasteiger partial charge in [-0.1, -0.05) is 55.5 Å². The quantitative estimate of drug-likeness (QED) is 0.564. The van der Waals surface area contributed by atoms with Gasteiger partial charge in [-0.3, -0.25) is 10.1 Å². The largest absolute Gasteiger partial charge is 0.490 e. The third kappa shape index (κ3) is 4.99. The summed E-state index contributed by atoms with van der Waals surface area (Å²) in [6, 6.07) is 15.7. The van der Waals surface area contributed by atoms with E-state index in [1.165, 1.54) is 4.90 Å². The maximum absolute atomic E-state index is 13.2. The van der Waals surface area contributed by atoms with Gasteiger partial charge in [0.1, 0.15) is 0 Å². The Morgan fingerprint density at radius 2 is 1.77 bits per heavy atom. The number of rotatable bonds is 6. The van der Waals surface area contributed by atoms with E-state index in [9.17, 15) is 22.8 Å². The number of alkyl halides is 3. The van der Waals surface area contributed by atoms with Crippen LogP contribution >= 0.6 is 0 Å². The van der Waals surface area contributed by atoms with Gasteiger partial charge in [0, 0.05) is 18.3 Å². The molecule has 8 heteroatoms. The van der Waals surface area contributed by atoms with Crippen molar-refractivity contribution in [3.8, 4) is 0 Å². The van der Waals surface area contributed by atoms with Crippen LogP contribution in [0.2, 0.25) is 0 Å². The highest BCUT2D eigenvalue weighted by molar-refractivity contribution is 5.98. The summed E-state index contributed by atoms with van der Waals surface area (Å²) in [5, 5.41) is 2.82. The molecule has 5 nitrogen and oxygen atoms in total. The Kier molecular flexibility index (Phi) is 6.77. The average Bonchev–Trinajstić information content (AvgIpc) is 2.75. The summed E-state index contributed by atoms with van der Waals surface area (Å²) in [5.74, 6) is -3.13. The number of halogens is 3. The number of fused-ring (bicyclic) bond motifs is 1. The predicted octanol–water partition coefficient (Wildman–Crippen LogP) is 4.14. The molecular weight excluding hydrogens is 397 g/mol. The lowest BCUT2D eigenvalue weighted by Gasteiger charge is -2.33. The van der Waals surface area contributed by atoms with Gasteiger partial charge in [0.05, 0.1) is 0 Å². The SMILES string of the molecule is CC[C@@H](NC(OC(=O)C(F)(F)F)C(=O)N1CCCc2ccccc21)c1ccccc1. The molecule has 2 aromatic carbocycles. The third-order valence-electron chi connectivity index (χ3n) is 5.02. The standard InChI is InChI=1S/C22H23F3N2O3/c1-2-17(15-9-4-3-5-10-15)26-19(30-21(29)22(23,24)25)20(28)27-14-8-12-16-11-6-7-13-18(16)27/h3-7,9-11,13,17,19,26H,2,8,12,14H2,1H3/t17-,19?/m1/s1. The third-order valence-corrected chi connectivity index (χ3v) is 5.02. The van der Waals surface area contributed by atoms with Gasteiger partial charge in [-0.05, 0) is 36.5 Å². The molecule has 1 N–H and O–H groups in total. The van der Waals surface area contributed by atoms with Crippen molar-refractivity contribution in [3.05, 3.63) is 65.7 Å². The van der Waals surface area contributed by atoms with Crippen molar-refractivity contribution >= 4 is 17.6 Å². The average molecular weight is 420 g/mol. The molecule has 30 heavy (non-hydrogen) atoms. The zero-order chi connectivity index (χ0) is 21.7. The summed E-state index contributed by atoms with van der Waals surface area (Å²) in [5.41, 5.74) is 2.32. The lowest BCUT2D eigenvalue weighted by Crippen LogP contribution is -2.52. The van der Waals surface area contributed by atoms with Crippen molar-refractivity contribution in [3.63, 3.8) is 0 Å². The Hall–Kier alpha value is -2.87. The Morgan fingerprint density at radius 3 is 2.43 bits per heavy atom. The molecule has 1 unspecified atom stereocenters. The van der Waals surface area contributed by atoms with Gasteiger partial charge in [0.25, 0.3) is 5.91 Å². The number of nitrogens with zero attached hydrogens (tertiary/aromatic N) is 1. The van der Waals surface area contributed by atoms with E-state index in [1.54, 1.807) is 36.4 Å². The smallest absolute Gasteiger partial charge is 0.430 e. The number of carbonyl (C=O) groups is 2. The number of para-hydroxylation sites is 1. The molecule has 160 valence electrons. The normalized spacial score (nSPS) is 15.8. The first-order valence-corrected chi connectivity index (χ1v) is 9.79. The molecule has 1 amide bonds. The van der Waals surface area contributed by atoms with E-state index >= 15 is 0 Å². The molecule has 2 atom stereocenters. The Bertz CT molecular complexity index is 887. The minimum atomic E-state index is -5.20. The molecule has 0 aromatic heterocycles. The molecule has 0 spiro atoms. The van der Waals surface area contributed by atoms with Crippen LogP contribution in [0.15, 0.2) is 54.6 Å². The maximum Gasteiger partial charge on any atom is 0.490 e. The second-order valence-corrected chi connectivity index (χ2v) is 7.04. The molecule has 1 aliphatic heterocycles. The fourth-order valence-electron chi connectivity index (χ4n) is 3.55. The van der Waals surface area contributed by atoms with E-state index in [2.05, 4.69) is 10.1 Å². The first-order valence-electron chi connectivity index (χ1n) is 9.79. The second-order valence-electron chi connectivity index (χ2n) is 7.04.